The van der Waals surface area contributed by atoms with Crippen LogP contribution in [0.2, 0.25) is 0 Å². The first-order chi connectivity index (χ1) is 13.1. The molecule has 2 aromatic heterocycles. The van der Waals surface area contributed by atoms with Gasteiger partial charge in [-0.05, 0) is 30.5 Å². The molecular weight excluding hydrogens is 350 g/mol. The van der Waals surface area contributed by atoms with Gasteiger partial charge in [0.2, 0.25) is 0 Å². The molecule has 0 spiro atoms. The number of rotatable bonds is 2. The summed E-state index contributed by atoms with van der Waals surface area (Å²) < 4.78 is 29.8. The Bertz CT molecular complexity index is 1160. The minimum absolute atomic E-state index is 0.0685. The molecule has 1 fully saturated rings. The first-order valence-electron chi connectivity index (χ1n) is 8.77. The maximum Gasteiger partial charge on any atom is 0.271 e. The van der Waals surface area contributed by atoms with Crippen molar-refractivity contribution in [2.45, 2.75) is 25.4 Å². The Hall–Kier alpha value is -3.27. The number of halogens is 2. The van der Waals surface area contributed by atoms with Crippen LogP contribution in [-0.2, 0) is 6.54 Å². The molecule has 0 unspecified atom stereocenters. The van der Waals surface area contributed by atoms with E-state index in [1.807, 2.05) is 4.90 Å². The van der Waals surface area contributed by atoms with Crippen LogP contribution >= 0.6 is 0 Å². The highest BCUT2D eigenvalue weighted by molar-refractivity contribution is 6.09. The monoisotopic (exact) mass is 364 g/mol. The minimum atomic E-state index is -0.660. The fourth-order valence-corrected chi connectivity index (χ4v) is 3.86. The van der Waals surface area contributed by atoms with Crippen molar-refractivity contribution in [3.63, 3.8) is 0 Å². The van der Waals surface area contributed by atoms with Crippen LogP contribution in [0.3, 0.4) is 0 Å². The largest absolute Gasteiger partial charge is 0.333 e. The van der Waals surface area contributed by atoms with Gasteiger partial charge in [-0.2, -0.15) is 5.26 Å². The molecule has 1 aromatic carbocycles. The number of aromatic nitrogens is 2. The van der Waals surface area contributed by atoms with Gasteiger partial charge < -0.3 is 9.47 Å². The number of carbonyl (C=O) groups excluding carboxylic acids is 1. The first kappa shape index (κ1) is 15.9. The van der Waals surface area contributed by atoms with Crippen LogP contribution in [-0.4, -0.2) is 32.9 Å². The van der Waals surface area contributed by atoms with Crippen LogP contribution in [0.15, 0.2) is 30.5 Å². The Balaban J connectivity index is 1.80. The second-order valence-electron chi connectivity index (χ2n) is 6.93. The van der Waals surface area contributed by atoms with E-state index in [4.69, 9.17) is 5.26 Å². The lowest BCUT2D eigenvalue weighted by molar-refractivity contribution is 0.0694. The van der Waals surface area contributed by atoms with Gasteiger partial charge in [-0.1, -0.05) is 6.07 Å². The maximum absolute atomic E-state index is 14.2. The number of hydrogen-bond acceptors (Lipinski definition) is 3. The molecule has 134 valence electrons. The lowest BCUT2D eigenvalue weighted by atomic mass is 10.0. The fraction of sp³-hybridized carbons (Fsp3) is 0.250. The molecule has 3 heterocycles. The molecule has 0 atom stereocenters. The average Bonchev–Trinajstić information content (AvgIpc) is 3.44. The number of benzene rings is 1. The van der Waals surface area contributed by atoms with Crippen molar-refractivity contribution in [1.82, 2.24) is 14.5 Å². The Morgan fingerprint density at radius 1 is 1.19 bits per heavy atom. The van der Waals surface area contributed by atoms with Gasteiger partial charge in [0.05, 0.1) is 22.8 Å². The summed E-state index contributed by atoms with van der Waals surface area (Å²) in [7, 11) is 0. The summed E-state index contributed by atoms with van der Waals surface area (Å²) in [4.78, 5) is 19.2. The lowest BCUT2D eigenvalue weighted by Gasteiger charge is -2.29. The zero-order valence-electron chi connectivity index (χ0n) is 14.2. The Morgan fingerprint density at radius 2 is 2.00 bits per heavy atom. The van der Waals surface area contributed by atoms with Crippen molar-refractivity contribution in [2.75, 3.05) is 6.54 Å². The summed E-state index contributed by atoms with van der Waals surface area (Å²) >= 11 is 0. The predicted octanol–water partition coefficient (Wildman–Crippen LogP) is 3.47. The summed E-state index contributed by atoms with van der Waals surface area (Å²) in [5, 5.41) is 8.97. The van der Waals surface area contributed by atoms with Crippen molar-refractivity contribution >= 4 is 16.9 Å². The number of amides is 1. The predicted molar refractivity (Wildman–Crippen MR) is 93.9 cm³/mol. The van der Waals surface area contributed by atoms with Gasteiger partial charge >= 0.3 is 0 Å². The zero-order valence-corrected chi connectivity index (χ0v) is 14.2. The molecule has 1 amide bonds. The van der Waals surface area contributed by atoms with Gasteiger partial charge in [0.15, 0.2) is 0 Å². The van der Waals surface area contributed by atoms with Crippen molar-refractivity contribution in [3.8, 4) is 17.2 Å². The molecule has 0 bridgehead atoms. The van der Waals surface area contributed by atoms with Gasteiger partial charge in [0, 0.05) is 30.8 Å². The van der Waals surface area contributed by atoms with E-state index in [9.17, 15) is 13.6 Å². The normalized spacial score (nSPS) is 16.5. The molecule has 1 saturated carbocycles. The molecule has 0 saturated heterocycles. The van der Waals surface area contributed by atoms with E-state index in [-0.39, 0.29) is 17.5 Å². The summed E-state index contributed by atoms with van der Waals surface area (Å²) in [6.45, 7) is 1.11. The van der Waals surface area contributed by atoms with E-state index in [2.05, 4.69) is 4.98 Å². The second kappa shape index (κ2) is 5.61. The van der Waals surface area contributed by atoms with E-state index in [1.54, 1.807) is 16.7 Å². The lowest BCUT2D eigenvalue weighted by Crippen LogP contribution is -2.41. The van der Waals surface area contributed by atoms with Crippen LogP contribution < -0.4 is 0 Å². The van der Waals surface area contributed by atoms with Gasteiger partial charge in [-0.15, -0.1) is 0 Å². The third kappa shape index (κ3) is 2.33. The Labute approximate surface area is 153 Å². The highest BCUT2D eigenvalue weighted by Gasteiger charge is 2.39. The van der Waals surface area contributed by atoms with Gasteiger partial charge in [-0.25, -0.2) is 8.78 Å². The summed E-state index contributed by atoms with van der Waals surface area (Å²) in [6.07, 6.45) is 3.07. The number of hydrogen-bond donors (Lipinski definition) is 0. The van der Waals surface area contributed by atoms with E-state index in [1.165, 1.54) is 18.2 Å². The number of pyridine rings is 1. The number of nitriles is 1. The van der Waals surface area contributed by atoms with E-state index in [0.29, 0.717) is 40.9 Å². The molecule has 27 heavy (non-hydrogen) atoms. The van der Waals surface area contributed by atoms with Crippen LogP contribution in [0, 0.1) is 23.0 Å². The van der Waals surface area contributed by atoms with E-state index in [0.717, 1.165) is 19.0 Å². The average molecular weight is 364 g/mol. The molecule has 7 heteroatoms. The topological polar surface area (TPSA) is 61.9 Å². The molecule has 0 N–H and O–H groups in total. The molecule has 5 nitrogen and oxygen atoms in total. The molecule has 1 aliphatic heterocycles. The fourth-order valence-electron chi connectivity index (χ4n) is 3.86. The molecule has 2 aliphatic rings. The van der Waals surface area contributed by atoms with Gasteiger partial charge in [-0.3, -0.25) is 9.78 Å². The number of carbonyl (C=O) groups is 1. The second-order valence-corrected chi connectivity index (χ2v) is 6.93. The van der Waals surface area contributed by atoms with Crippen LogP contribution in [0.1, 0.15) is 28.9 Å². The van der Waals surface area contributed by atoms with Crippen molar-refractivity contribution in [2.24, 2.45) is 0 Å². The summed E-state index contributed by atoms with van der Waals surface area (Å²) in [5.74, 6) is -1.29. The molecule has 3 aromatic rings. The van der Waals surface area contributed by atoms with Crippen LogP contribution in [0.5, 0.6) is 0 Å². The highest BCUT2D eigenvalue weighted by Crippen LogP contribution is 2.39. The van der Waals surface area contributed by atoms with Crippen molar-refractivity contribution < 1.29 is 13.6 Å². The highest BCUT2D eigenvalue weighted by atomic mass is 19.1. The van der Waals surface area contributed by atoms with Crippen LogP contribution in [0.25, 0.3) is 22.2 Å². The van der Waals surface area contributed by atoms with Crippen molar-refractivity contribution in [1.29, 1.82) is 5.26 Å². The number of nitrogens with zero attached hydrogens (tertiary/aromatic N) is 4. The molecule has 0 radical (unpaired) electrons. The standard InChI is InChI=1S/C20H14F2N4O/c21-13-8-16-18(24-10-13)17(11-1-2-12(9-23)15(22)7-11)19-20(27)25(14-3-4-14)5-6-26(16)19/h1-2,7-8,10,14H,3-6H2. The Morgan fingerprint density at radius 3 is 2.70 bits per heavy atom. The quantitative estimate of drug-likeness (QED) is 0.699. The zero-order chi connectivity index (χ0) is 18.7. The summed E-state index contributed by atoms with van der Waals surface area (Å²) in [6, 6.07) is 7.63. The third-order valence-electron chi connectivity index (χ3n) is 5.26. The maximum atomic E-state index is 14.2. The smallest absolute Gasteiger partial charge is 0.271 e. The summed E-state index contributed by atoms with van der Waals surface area (Å²) in [5.41, 5.74) is 2.26. The van der Waals surface area contributed by atoms with Crippen LogP contribution in [0.4, 0.5) is 8.78 Å². The van der Waals surface area contributed by atoms with Crippen molar-refractivity contribution in [3.05, 3.63) is 53.4 Å². The molecule has 5 rings (SSSR count). The third-order valence-corrected chi connectivity index (χ3v) is 5.26. The minimum Gasteiger partial charge on any atom is -0.333 e. The van der Waals surface area contributed by atoms with E-state index < -0.39 is 11.6 Å². The Kier molecular flexibility index (Phi) is 3.31. The first-order valence-corrected chi connectivity index (χ1v) is 8.77. The van der Waals surface area contributed by atoms with E-state index >= 15 is 0 Å². The SMILES string of the molecule is N#Cc1ccc(-c2c3n(c4cc(F)cnc24)CCN(C2CC2)C3=O)cc1F. The van der Waals surface area contributed by atoms with Gasteiger partial charge in [0.1, 0.15) is 23.4 Å². The van der Waals surface area contributed by atoms with Gasteiger partial charge in [0.25, 0.3) is 5.91 Å². The molecule has 1 aliphatic carbocycles. The number of fused-ring (bicyclic) bond motifs is 3. The molecular formula is C20H14F2N4O.